The SMILES string of the molecule is CC(NC(=O)c1cn[nH]c1N)c1nncn1C. The Morgan fingerprint density at radius 3 is 2.94 bits per heavy atom. The van der Waals surface area contributed by atoms with Crippen molar-refractivity contribution in [1.29, 1.82) is 0 Å². The van der Waals surface area contributed by atoms with Gasteiger partial charge in [0.15, 0.2) is 5.82 Å². The Morgan fingerprint density at radius 2 is 2.41 bits per heavy atom. The van der Waals surface area contributed by atoms with Crippen LogP contribution in [0.4, 0.5) is 5.82 Å². The average molecular weight is 235 g/mol. The lowest BCUT2D eigenvalue weighted by atomic mass is 10.2. The summed E-state index contributed by atoms with van der Waals surface area (Å²) in [6.45, 7) is 1.82. The summed E-state index contributed by atoms with van der Waals surface area (Å²) in [7, 11) is 1.81. The number of carbonyl (C=O) groups excluding carboxylic acids is 1. The van der Waals surface area contributed by atoms with Gasteiger partial charge < -0.3 is 15.6 Å². The first-order chi connectivity index (χ1) is 8.09. The van der Waals surface area contributed by atoms with E-state index in [1.807, 2.05) is 14.0 Å². The van der Waals surface area contributed by atoms with E-state index in [-0.39, 0.29) is 17.8 Å². The van der Waals surface area contributed by atoms with Crippen LogP contribution >= 0.6 is 0 Å². The van der Waals surface area contributed by atoms with Crippen LogP contribution in [0, 0.1) is 0 Å². The zero-order valence-corrected chi connectivity index (χ0v) is 9.51. The summed E-state index contributed by atoms with van der Waals surface area (Å²) in [6.07, 6.45) is 2.96. The molecule has 8 nitrogen and oxygen atoms in total. The molecule has 0 bridgehead atoms. The minimum absolute atomic E-state index is 0.243. The molecule has 0 radical (unpaired) electrons. The molecule has 0 saturated heterocycles. The third-order valence-electron chi connectivity index (χ3n) is 2.39. The molecule has 4 N–H and O–H groups in total. The van der Waals surface area contributed by atoms with Crippen LogP contribution < -0.4 is 11.1 Å². The molecule has 0 saturated carbocycles. The normalized spacial score (nSPS) is 12.4. The monoisotopic (exact) mass is 235 g/mol. The lowest BCUT2D eigenvalue weighted by molar-refractivity contribution is 0.0938. The quantitative estimate of drug-likeness (QED) is 0.670. The number of anilines is 1. The van der Waals surface area contributed by atoms with E-state index in [1.165, 1.54) is 6.20 Å². The number of amides is 1. The van der Waals surface area contributed by atoms with Gasteiger partial charge in [0.2, 0.25) is 0 Å². The summed E-state index contributed by atoms with van der Waals surface area (Å²) in [5.41, 5.74) is 5.87. The van der Waals surface area contributed by atoms with Crippen LogP contribution in [0.25, 0.3) is 0 Å². The second-order valence-corrected chi connectivity index (χ2v) is 3.69. The van der Waals surface area contributed by atoms with Crippen LogP contribution in [-0.4, -0.2) is 30.9 Å². The Labute approximate surface area is 97.2 Å². The minimum Gasteiger partial charge on any atom is -0.383 e. The van der Waals surface area contributed by atoms with Gasteiger partial charge in [0, 0.05) is 7.05 Å². The molecule has 2 aromatic heterocycles. The van der Waals surface area contributed by atoms with E-state index in [9.17, 15) is 4.79 Å². The number of nitrogen functional groups attached to an aromatic ring is 1. The third kappa shape index (κ3) is 2.10. The van der Waals surface area contributed by atoms with Gasteiger partial charge in [0.25, 0.3) is 5.91 Å². The van der Waals surface area contributed by atoms with Crippen molar-refractivity contribution >= 4 is 11.7 Å². The summed E-state index contributed by atoms with van der Waals surface area (Å²) < 4.78 is 1.74. The largest absolute Gasteiger partial charge is 0.383 e. The highest BCUT2D eigenvalue weighted by atomic mass is 16.1. The van der Waals surface area contributed by atoms with E-state index in [0.29, 0.717) is 11.4 Å². The third-order valence-corrected chi connectivity index (χ3v) is 2.39. The molecule has 2 aromatic rings. The van der Waals surface area contributed by atoms with Gasteiger partial charge in [0.1, 0.15) is 17.7 Å². The second kappa shape index (κ2) is 4.24. The highest BCUT2D eigenvalue weighted by Crippen LogP contribution is 2.11. The molecule has 2 rings (SSSR count). The van der Waals surface area contributed by atoms with Crippen LogP contribution in [0.5, 0.6) is 0 Å². The Balaban J connectivity index is 2.10. The van der Waals surface area contributed by atoms with Crippen LogP contribution in [0.2, 0.25) is 0 Å². The highest BCUT2D eigenvalue weighted by Gasteiger charge is 2.17. The van der Waals surface area contributed by atoms with Gasteiger partial charge in [-0.1, -0.05) is 0 Å². The molecule has 90 valence electrons. The van der Waals surface area contributed by atoms with E-state index in [0.717, 1.165) is 0 Å². The van der Waals surface area contributed by atoms with E-state index < -0.39 is 0 Å². The number of carbonyl (C=O) groups is 1. The standard InChI is InChI=1S/C9H13N7O/c1-5(8-15-12-4-16(8)2)13-9(17)6-3-11-14-7(6)10/h3-5H,1-2H3,(H,13,17)(H3,10,11,14). The Hall–Kier alpha value is -2.38. The van der Waals surface area contributed by atoms with Crippen molar-refractivity contribution in [2.24, 2.45) is 7.05 Å². The molecule has 1 amide bonds. The van der Waals surface area contributed by atoms with E-state index in [1.54, 1.807) is 10.9 Å². The molecule has 0 aromatic carbocycles. The average Bonchev–Trinajstić information content (AvgIpc) is 2.86. The van der Waals surface area contributed by atoms with Gasteiger partial charge in [-0.3, -0.25) is 9.89 Å². The first kappa shape index (κ1) is 11.1. The molecular formula is C9H13N7O. The Kier molecular flexibility index (Phi) is 2.77. The zero-order valence-electron chi connectivity index (χ0n) is 9.51. The number of hydrogen-bond donors (Lipinski definition) is 3. The molecule has 17 heavy (non-hydrogen) atoms. The van der Waals surface area contributed by atoms with Crippen molar-refractivity contribution in [3.8, 4) is 0 Å². The van der Waals surface area contributed by atoms with Crippen molar-refractivity contribution < 1.29 is 4.79 Å². The van der Waals surface area contributed by atoms with Crippen LogP contribution in [0.15, 0.2) is 12.5 Å². The lowest BCUT2D eigenvalue weighted by Crippen LogP contribution is -2.28. The van der Waals surface area contributed by atoms with Gasteiger partial charge in [-0.25, -0.2) is 0 Å². The minimum atomic E-state index is -0.299. The number of nitrogens with two attached hydrogens (primary N) is 1. The maximum atomic E-state index is 11.8. The predicted octanol–water partition coefficient (Wildman–Crippen LogP) is -0.389. The van der Waals surface area contributed by atoms with Crippen molar-refractivity contribution in [2.45, 2.75) is 13.0 Å². The van der Waals surface area contributed by atoms with Crippen molar-refractivity contribution in [3.63, 3.8) is 0 Å². The number of aromatic nitrogens is 5. The summed E-state index contributed by atoms with van der Waals surface area (Å²) in [4.78, 5) is 11.8. The van der Waals surface area contributed by atoms with Crippen LogP contribution in [-0.2, 0) is 7.05 Å². The first-order valence-corrected chi connectivity index (χ1v) is 5.03. The predicted molar refractivity (Wildman–Crippen MR) is 59.9 cm³/mol. The van der Waals surface area contributed by atoms with Crippen LogP contribution in [0.1, 0.15) is 29.1 Å². The summed E-state index contributed by atoms with van der Waals surface area (Å²) >= 11 is 0. The van der Waals surface area contributed by atoms with E-state index in [2.05, 4.69) is 25.7 Å². The van der Waals surface area contributed by atoms with Crippen LogP contribution in [0.3, 0.4) is 0 Å². The summed E-state index contributed by atoms with van der Waals surface area (Å²) in [5, 5.41) is 16.6. The zero-order chi connectivity index (χ0) is 12.4. The lowest BCUT2D eigenvalue weighted by Gasteiger charge is -2.12. The molecule has 0 spiro atoms. The molecule has 8 heteroatoms. The maximum Gasteiger partial charge on any atom is 0.257 e. The molecule has 2 heterocycles. The molecule has 1 atom stereocenters. The molecule has 0 aliphatic heterocycles. The molecule has 1 unspecified atom stereocenters. The van der Waals surface area contributed by atoms with Crippen molar-refractivity contribution in [3.05, 3.63) is 23.9 Å². The van der Waals surface area contributed by atoms with E-state index >= 15 is 0 Å². The fraction of sp³-hybridized carbons (Fsp3) is 0.333. The number of hydrogen-bond acceptors (Lipinski definition) is 5. The smallest absolute Gasteiger partial charge is 0.257 e. The van der Waals surface area contributed by atoms with Gasteiger partial charge in [-0.15, -0.1) is 10.2 Å². The van der Waals surface area contributed by atoms with Crippen molar-refractivity contribution in [1.82, 2.24) is 30.3 Å². The number of aryl methyl sites for hydroxylation is 1. The van der Waals surface area contributed by atoms with Gasteiger partial charge >= 0.3 is 0 Å². The molecule has 0 aliphatic carbocycles. The topological polar surface area (TPSA) is 115 Å². The number of H-pyrrole nitrogens is 1. The number of nitrogens with one attached hydrogen (secondary N) is 2. The molecular weight excluding hydrogens is 222 g/mol. The van der Waals surface area contributed by atoms with Gasteiger partial charge in [0.05, 0.1) is 12.2 Å². The fourth-order valence-electron chi connectivity index (χ4n) is 1.50. The number of aromatic amines is 1. The summed E-state index contributed by atoms with van der Waals surface area (Å²) in [5.74, 6) is 0.611. The molecule has 0 aliphatic rings. The van der Waals surface area contributed by atoms with E-state index in [4.69, 9.17) is 5.73 Å². The first-order valence-electron chi connectivity index (χ1n) is 5.03. The number of nitrogens with zero attached hydrogens (tertiary/aromatic N) is 4. The Bertz CT molecular complexity index is 529. The maximum absolute atomic E-state index is 11.8. The molecule has 0 fully saturated rings. The highest BCUT2D eigenvalue weighted by molar-refractivity contribution is 5.98. The summed E-state index contributed by atoms with van der Waals surface area (Å²) in [6, 6.07) is -0.260. The van der Waals surface area contributed by atoms with Gasteiger partial charge in [-0.05, 0) is 6.92 Å². The second-order valence-electron chi connectivity index (χ2n) is 3.69. The Morgan fingerprint density at radius 1 is 1.65 bits per heavy atom. The number of rotatable bonds is 3. The fourth-order valence-corrected chi connectivity index (χ4v) is 1.50. The van der Waals surface area contributed by atoms with Crippen molar-refractivity contribution in [2.75, 3.05) is 5.73 Å². The van der Waals surface area contributed by atoms with Gasteiger partial charge in [-0.2, -0.15) is 5.10 Å².